The standard InChI is InChI=1S/C17H24N2O2/c1-3-7-14-17(20)19(12-8-6-9-12)16(18-14)13-10-4-5-11-15(13)21-2/h4-5,10-12,14,16,18H,3,6-9H2,1-2H3. The van der Waals surface area contributed by atoms with Crippen LogP contribution < -0.4 is 10.1 Å². The van der Waals surface area contributed by atoms with Gasteiger partial charge >= 0.3 is 0 Å². The Morgan fingerprint density at radius 2 is 2.10 bits per heavy atom. The molecule has 1 N–H and O–H groups in total. The summed E-state index contributed by atoms with van der Waals surface area (Å²) in [4.78, 5) is 14.8. The van der Waals surface area contributed by atoms with Crippen molar-refractivity contribution in [2.75, 3.05) is 7.11 Å². The third-order valence-electron chi connectivity index (χ3n) is 4.67. The van der Waals surface area contributed by atoms with E-state index in [1.165, 1.54) is 6.42 Å². The minimum atomic E-state index is -0.0505. The first-order valence-electron chi connectivity index (χ1n) is 7.97. The van der Waals surface area contributed by atoms with Crippen molar-refractivity contribution in [3.63, 3.8) is 0 Å². The molecule has 0 radical (unpaired) electrons. The zero-order chi connectivity index (χ0) is 14.8. The maximum Gasteiger partial charge on any atom is 0.241 e. The second-order valence-electron chi connectivity index (χ2n) is 5.98. The maximum absolute atomic E-state index is 12.7. The molecular formula is C17H24N2O2. The van der Waals surface area contributed by atoms with Crippen molar-refractivity contribution in [3.8, 4) is 5.75 Å². The van der Waals surface area contributed by atoms with Crippen molar-refractivity contribution >= 4 is 5.91 Å². The van der Waals surface area contributed by atoms with E-state index in [-0.39, 0.29) is 18.1 Å². The van der Waals surface area contributed by atoms with Crippen molar-refractivity contribution in [1.82, 2.24) is 10.2 Å². The van der Waals surface area contributed by atoms with Crippen LogP contribution in [0.5, 0.6) is 5.75 Å². The average Bonchev–Trinajstić information content (AvgIpc) is 2.76. The molecule has 4 nitrogen and oxygen atoms in total. The van der Waals surface area contributed by atoms with E-state index in [4.69, 9.17) is 4.74 Å². The molecule has 21 heavy (non-hydrogen) atoms. The van der Waals surface area contributed by atoms with Gasteiger partial charge in [0.1, 0.15) is 11.9 Å². The molecule has 114 valence electrons. The van der Waals surface area contributed by atoms with Crippen LogP contribution in [-0.4, -0.2) is 30.0 Å². The normalized spacial score (nSPS) is 26.0. The lowest BCUT2D eigenvalue weighted by molar-refractivity contribution is -0.134. The molecule has 2 fully saturated rings. The minimum absolute atomic E-state index is 0.0458. The molecule has 2 unspecified atom stereocenters. The van der Waals surface area contributed by atoms with Gasteiger partial charge in [-0.25, -0.2) is 0 Å². The third kappa shape index (κ3) is 2.53. The summed E-state index contributed by atoms with van der Waals surface area (Å²) in [7, 11) is 1.69. The van der Waals surface area contributed by atoms with E-state index >= 15 is 0 Å². The highest BCUT2D eigenvalue weighted by Gasteiger charge is 2.44. The number of methoxy groups -OCH3 is 1. The highest BCUT2D eigenvalue weighted by atomic mass is 16.5. The van der Waals surface area contributed by atoms with E-state index in [1.807, 2.05) is 18.2 Å². The number of amides is 1. The Morgan fingerprint density at radius 3 is 2.71 bits per heavy atom. The van der Waals surface area contributed by atoms with E-state index in [9.17, 15) is 4.79 Å². The summed E-state index contributed by atoms with van der Waals surface area (Å²) in [5.74, 6) is 1.11. The predicted molar refractivity (Wildman–Crippen MR) is 82.1 cm³/mol. The van der Waals surface area contributed by atoms with Crippen molar-refractivity contribution in [2.24, 2.45) is 0 Å². The fourth-order valence-electron chi connectivity index (χ4n) is 3.33. The summed E-state index contributed by atoms with van der Waals surface area (Å²) in [6, 6.07) is 8.34. The monoisotopic (exact) mass is 288 g/mol. The van der Waals surface area contributed by atoms with Crippen LogP contribution in [0, 0.1) is 0 Å². The van der Waals surface area contributed by atoms with Crippen LogP contribution in [0.4, 0.5) is 0 Å². The van der Waals surface area contributed by atoms with Gasteiger partial charge < -0.3 is 9.64 Å². The first kappa shape index (κ1) is 14.4. The molecule has 2 atom stereocenters. The van der Waals surface area contributed by atoms with Gasteiger partial charge in [0.25, 0.3) is 0 Å². The van der Waals surface area contributed by atoms with E-state index < -0.39 is 0 Å². The van der Waals surface area contributed by atoms with Gasteiger partial charge in [-0.1, -0.05) is 31.5 Å². The zero-order valence-corrected chi connectivity index (χ0v) is 12.8. The van der Waals surface area contributed by atoms with Crippen LogP contribution in [0.15, 0.2) is 24.3 Å². The van der Waals surface area contributed by atoms with Crippen LogP contribution in [-0.2, 0) is 4.79 Å². The van der Waals surface area contributed by atoms with Crippen LogP contribution in [0.25, 0.3) is 0 Å². The van der Waals surface area contributed by atoms with Gasteiger partial charge in [0.2, 0.25) is 5.91 Å². The summed E-state index contributed by atoms with van der Waals surface area (Å²) in [6.07, 6.45) is 5.34. The van der Waals surface area contributed by atoms with Gasteiger partial charge in [0.15, 0.2) is 0 Å². The molecule has 1 heterocycles. The lowest BCUT2D eigenvalue weighted by Gasteiger charge is -2.38. The maximum atomic E-state index is 12.7. The number of nitrogens with one attached hydrogen (secondary N) is 1. The van der Waals surface area contributed by atoms with Crippen LogP contribution in [0.3, 0.4) is 0 Å². The number of hydrogen-bond donors (Lipinski definition) is 1. The summed E-state index contributed by atoms with van der Waals surface area (Å²) in [5.41, 5.74) is 1.07. The van der Waals surface area contributed by atoms with E-state index in [0.29, 0.717) is 6.04 Å². The van der Waals surface area contributed by atoms with Gasteiger partial charge in [-0.15, -0.1) is 0 Å². The van der Waals surface area contributed by atoms with Gasteiger partial charge in [0.05, 0.1) is 13.2 Å². The molecule has 1 aromatic carbocycles. The SMILES string of the molecule is CCCC1NC(c2ccccc2OC)N(C2CCC2)C1=O. The summed E-state index contributed by atoms with van der Waals surface area (Å²) in [5, 5.41) is 3.53. The van der Waals surface area contributed by atoms with E-state index in [0.717, 1.165) is 37.0 Å². The molecule has 4 heteroatoms. The molecule has 0 aromatic heterocycles. The number of carbonyl (C=O) groups excluding carboxylic acids is 1. The number of hydrogen-bond acceptors (Lipinski definition) is 3. The number of benzene rings is 1. The minimum Gasteiger partial charge on any atom is -0.496 e. The molecule has 3 rings (SSSR count). The molecule has 2 aliphatic rings. The van der Waals surface area contributed by atoms with Gasteiger partial charge in [-0.3, -0.25) is 10.1 Å². The highest BCUT2D eigenvalue weighted by molar-refractivity contribution is 5.85. The topological polar surface area (TPSA) is 41.6 Å². The number of rotatable bonds is 5. The molecule has 1 aliphatic heterocycles. The molecule has 1 saturated heterocycles. The summed E-state index contributed by atoms with van der Waals surface area (Å²) < 4.78 is 5.49. The fourth-order valence-corrected chi connectivity index (χ4v) is 3.33. The lowest BCUT2D eigenvalue weighted by atomic mass is 9.90. The van der Waals surface area contributed by atoms with Gasteiger partial charge in [0, 0.05) is 11.6 Å². The average molecular weight is 288 g/mol. The number of ether oxygens (including phenoxy) is 1. The Balaban J connectivity index is 1.92. The van der Waals surface area contributed by atoms with Crippen LogP contribution >= 0.6 is 0 Å². The van der Waals surface area contributed by atoms with Crippen LogP contribution in [0.2, 0.25) is 0 Å². The zero-order valence-electron chi connectivity index (χ0n) is 12.8. The van der Waals surface area contributed by atoms with Crippen molar-refractivity contribution in [1.29, 1.82) is 0 Å². The van der Waals surface area contributed by atoms with Crippen LogP contribution in [0.1, 0.15) is 50.8 Å². The van der Waals surface area contributed by atoms with Crippen molar-refractivity contribution in [2.45, 2.75) is 57.3 Å². The molecule has 1 aromatic rings. The van der Waals surface area contributed by atoms with Crippen molar-refractivity contribution < 1.29 is 9.53 Å². The molecule has 0 spiro atoms. The predicted octanol–water partition coefficient (Wildman–Crippen LogP) is 2.85. The van der Waals surface area contributed by atoms with E-state index in [2.05, 4.69) is 23.2 Å². The number of para-hydroxylation sites is 1. The van der Waals surface area contributed by atoms with Gasteiger partial charge in [-0.05, 0) is 31.7 Å². The highest BCUT2D eigenvalue weighted by Crippen LogP contribution is 2.38. The molecule has 1 amide bonds. The third-order valence-corrected chi connectivity index (χ3v) is 4.67. The fraction of sp³-hybridized carbons (Fsp3) is 0.588. The number of nitrogens with zero attached hydrogens (tertiary/aromatic N) is 1. The lowest BCUT2D eigenvalue weighted by Crippen LogP contribution is -2.44. The smallest absolute Gasteiger partial charge is 0.241 e. The Labute approximate surface area is 126 Å². The second-order valence-corrected chi connectivity index (χ2v) is 5.98. The Kier molecular flexibility index (Phi) is 4.15. The van der Waals surface area contributed by atoms with E-state index in [1.54, 1.807) is 7.11 Å². The second kappa shape index (κ2) is 6.06. The molecular weight excluding hydrogens is 264 g/mol. The first-order valence-corrected chi connectivity index (χ1v) is 7.97. The first-order chi connectivity index (χ1) is 10.3. The van der Waals surface area contributed by atoms with Gasteiger partial charge in [-0.2, -0.15) is 0 Å². The Bertz CT molecular complexity index is 513. The summed E-state index contributed by atoms with van der Waals surface area (Å²) >= 11 is 0. The number of carbonyl (C=O) groups is 1. The summed E-state index contributed by atoms with van der Waals surface area (Å²) in [6.45, 7) is 2.12. The quantitative estimate of drug-likeness (QED) is 0.906. The Morgan fingerprint density at radius 1 is 1.33 bits per heavy atom. The largest absolute Gasteiger partial charge is 0.496 e. The Hall–Kier alpha value is -1.55. The molecule has 0 bridgehead atoms. The molecule has 1 aliphatic carbocycles. The molecule has 1 saturated carbocycles. The van der Waals surface area contributed by atoms with Crippen molar-refractivity contribution in [3.05, 3.63) is 29.8 Å².